The van der Waals surface area contributed by atoms with Crippen LogP contribution in [0, 0.1) is 19.7 Å². The fourth-order valence-electron chi connectivity index (χ4n) is 2.71. The van der Waals surface area contributed by atoms with E-state index in [9.17, 15) is 9.18 Å². The van der Waals surface area contributed by atoms with Crippen LogP contribution in [-0.2, 0) is 0 Å². The number of nitrogens with zero attached hydrogens (tertiary/aromatic N) is 3. The molecule has 0 unspecified atom stereocenters. The van der Waals surface area contributed by atoms with Gasteiger partial charge < -0.3 is 4.57 Å². The van der Waals surface area contributed by atoms with Crippen molar-refractivity contribution in [3.63, 3.8) is 0 Å². The van der Waals surface area contributed by atoms with Gasteiger partial charge in [0.2, 0.25) is 0 Å². The van der Waals surface area contributed by atoms with Crippen molar-refractivity contribution in [3.05, 3.63) is 82.1 Å². The molecule has 0 aliphatic heterocycles. The van der Waals surface area contributed by atoms with E-state index in [0.29, 0.717) is 0 Å². The molecular weight excluding hydrogens is 355 g/mol. The van der Waals surface area contributed by atoms with Crippen LogP contribution in [0.2, 0.25) is 5.15 Å². The number of nitrogens with one attached hydrogen (secondary N) is 1. The summed E-state index contributed by atoms with van der Waals surface area (Å²) in [5.74, 6) is -0.746. The molecule has 0 saturated heterocycles. The fraction of sp³-hybridized carbons (Fsp3) is 0.105. The lowest BCUT2D eigenvalue weighted by Gasteiger charge is -2.09. The number of carbonyl (C=O) groups is 1. The van der Waals surface area contributed by atoms with Crippen LogP contribution in [0.3, 0.4) is 0 Å². The molecule has 1 aromatic carbocycles. The molecule has 7 heteroatoms. The maximum atomic E-state index is 13.5. The molecule has 3 aromatic rings. The molecule has 0 fully saturated rings. The summed E-state index contributed by atoms with van der Waals surface area (Å²) in [4.78, 5) is 15.9. The van der Waals surface area contributed by atoms with Crippen molar-refractivity contribution in [1.29, 1.82) is 0 Å². The second kappa shape index (κ2) is 7.49. The summed E-state index contributed by atoms with van der Waals surface area (Å²) in [6.07, 6.45) is 3.05. The highest BCUT2D eigenvalue weighted by Gasteiger charge is 2.11. The number of aryl methyl sites for hydroxylation is 1. The van der Waals surface area contributed by atoms with Gasteiger partial charge in [-0.1, -0.05) is 17.7 Å². The summed E-state index contributed by atoms with van der Waals surface area (Å²) >= 11 is 5.89. The third kappa shape index (κ3) is 3.65. The van der Waals surface area contributed by atoms with Gasteiger partial charge in [0.05, 0.1) is 11.8 Å². The Hall–Kier alpha value is -2.99. The molecule has 5 nitrogen and oxygen atoms in total. The normalized spacial score (nSPS) is 11.1. The van der Waals surface area contributed by atoms with Crippen molar-refractivity contribution in [1.82, 2.24) is 15.0 Å². The van der Waals surface area contributed by atoms with Gasteiger partial charge in [-0.25, -0.2) is 14.8 Å². The average molecular weight is 371 g/mol. The van der Waals surface area contributed by atoms with E-state index in [-0.39, 0.29) is 16.5 Å². The van der Waals surface area contributed by atoms with Crippen LogP contribution < -0.4 is 5.43 Å². The molecule has 0 radical (unpaired) electrons. The zero-order valence-electron chi connectivity index (χ0n) is 14.2. The summed E-state index contributed by atoms with van der Waals surface area (Å²) < 4.78 is 15.4. The van der Waals surface area contributed by atoms with Gasteiger partial charge in [-0.05, 0) is 50.2 Å². The first kappa shape index (κ1) is 17.8. The molecule has 132 valence electrons. The molecule has 0 aliphatic rings. The smallest absolute Gasteiger partial charge is 0.274 e. The topological polar surface area (TPSA) is 59.3 Å². The van der Waals surface area contributed by atoms with Crippen LogP contribution in [-0.4, -0.2) is 21.7 Å². The summed E-state index contributed by atoms with van der Waals surface area (Å²) in [6, 6.07) is 11.5. The lowest BCUT2D eigenvalue weighted by Crippen LogP contribution is -2.18. The van der Waals surface area contributed by atoms with Gasteiger partial charge in [0.15, 0.2) is 0 Å². The summed E-state index contributed by atoms with van der Waals surface area (Å²) in [5, 5.41) is 4.10. The first-order valence-electron chi connectivity index (χ1n) is 7.86. The molecule has 0 atom stereocenters. The van der Waals surface area contributed by atoms with Crippen molar-refractivity contribution in [3.8, 4) is 5.69 Å². The van der Waals surface area contributed by atoms with Crippen LogP contribution >= 0.6 is 11.6 Å². The molecule has 3 rings (SSSR count). The number of hydrogen-bond donors (Lipinski definition) is 1. The SMILES string of the molecule is Cc1cc(C=NNC(=O)c2cccnc2Cl)c(C)n1-c1cccc(F)c1. The molecule has 0 saturated carbocycles. The number of rotatable bonds is 4. The van der Waals surface area contributed by atoms with E-state index in [1.807, 2.05) is 30.5 Å². The Morgan fingerprint density at radius 3 is 2.81 bits per heavy atom. The average Bonchev–Trinajstić information content (AvgIpc) is 2.89. The first-order chi connectivity index (χ1) is 12.5. The molecule has 1 N–H and O–H groups in total. The molecular formula is C19H16ClFN4O. The minimum atomic E-state index is -0.446. The largest absolute Gasteiger partial charge is 0.318 e. The maximum absolute atomic E-state index is 13.5. The third-order valence-electron chi connectivity index (χ3n) is 3.91. The lowest BCUT2D eigenvalue weighted by atomic mass is 10.2. The zero-order valence-corrected chi connectivity index (χ0v) is 15.0. The highest BCUT2D eigenvalue weighted by Crippen LogP contribution is 2.20. The van der Waals surface area contributed by atoms with E-state index in [4.69, 9.17) is 11.6 Å². The van der Waals surface area contributed by atoms with Crippen LogP contribution in [0.4, 0.5) is 4.39 Å². The number of benzene rings is 1. The Balaban J connectivity index is 1.81. The molecule has 0 bridgehead atoms. The molecule has 0 spiro atoms. The molecule has 0 aliphatic carbocycles. The number of halogens is 2. The highest BCUT2D eigenvalue weighted by atomic mass is 35.5. The standard InChI is InChI=1S/C19H16ClFN4O/c1-12-9-14(13(2)25(12)16-6-3-5-15(21)10-16)11-23-24-19(26)17-7-4-8-22-18(17)20/h3-11H,1-2H3,(H,24,26). The second-order valence-corrected chi connectivity index (χ2v) is 6.04. The number of amides is 1. The van der Waals surface area contributed by atoms with Crippen molar-refractivity contribution in [2.24, 2.45) is 5.10 Å². The highest BCUT2D eigenvalue weighted by molar-refractivity contribution is 6.32. The van der Waals surface area contributed by atoms with Gasteiger partial charge in [-0.15, -0.1) is 0 Å². The number of aromatic nitrogens is 2. The summed E-state index contributed by atoms with van der Waals surface area (Å²) in [7, 11) is 0. The molecule has 2 heterocycles. The first-order valence-corrected chi connectivity index (χ1v) is 8.24. The minimum absolute atomic E-state index is 0.115. The molecule has 1 amide bonds. The lowest BCUT2D eigenvalue weighted by molar-refractivity contribution is 0.0955. The van der Waals surface area contributed by atoms with Gasteiger partial charge in [0.1, 0.15) is 11.0 Å². The van der Waals surface area contributed by atoms with Gasteiger partial charge >= 0.3 is 0 Å². The quantitative estimate of drug-likeness (QED) is 0.428. The van der Waals surface area contributed by atoms with Gasteiger partial charge in [-0.2, -0.15) is 5.10 Å². The predicted octanol–water partition coefficient (Wildman–Crippen LogP) is 4.05. The van der Waals surface area contributed by atoms with Crippen molar-refractivity contribution >= 4 is 23.7 Å². The Morgan fingerprint density at radius 1 is 1.27 bits per heavy atom. The fourth-order valence-corrected chi connectivity index (χ4v) is 2.91. The van der Waals surface area contributed by atoms with Gasteiger partial charge in [0.25, 0.3) is 5.91 Å². The summed E-state index contributed by atoms with van der Waals surface area (Å²) in [5.41, 5.74) is 6.02. The third-order valence-corrected chi connectivity index (χ3v) is 4.21. The maximum Gasteiger partial charge on any atom is 0.274 e. The Morgan fingerprint density at radius 2 is 2.08 bits per heavy atom. The van der Waals surface area contributed by atoms with E-state index in [1.165, 1.54) is 18.3 Å². The number of carbonyl (C=O) groups excluding carboxylic acids is 1. The van der Waals surface area contributed by atoms with E-state index in [0.717, 1.165) is 22.6 Å². The van der Waals surface area contributed by atoms with Gasteiger partial charge in [-0.3, -0.25) is 4.79 Å². The van der Waals surface area contributed by atoms with Crippen LogP contribution in [0.5, 0.6) is 0 Å². The Kier molecular flexibility index (Phi) is 5.14. The van der Waals surface area contributed by atoms with E-state index in [1.54, 1.807) is 24.4 Å². The van der Waals surface area contributed by atoms with E-state index < -0.39 is 5.91 Å². The zero-order chi connectivity index (χ0) is 18.7. The van der Waals surface area contributed by atoms with Crippen molar-refractivity contribution < 1.29 is 9.18 Å². The van der Waals surface area contributed by atoms with Crippen LogP contribution in [0.1, 0.15) is 27.3 Å². The van der Waals surface area contributed by atoms with E-state index in [2.05, 4.69) is 15.5 Å². The Bertz CT molecular complexity index is 997. The van der Waals surface area contributed by atoms with Gasteiger partial charge in [0, 0.05) is 28.8 Å². The number of pyridine rings is 1. The van der Waals surface area contributed by atoms with E-state index >= 15 is 0 Å². The Labute approximate surface area is 155 Å². The van der Waals surface area contributed by atoms with Crippen molar-refractivity contribution in [2.75, 3.05) is 0 Å². The monoisotopic (exact) mass is 370 g/mol. The van der Waals surface area contributed by atoms with Crippen LogP contribution in [0.15, 0.2) is 53.8 Å². The predicted molar refractivity (Wildman–Crippen MR) is 99.5 cm³/mol. The minimum Gasteiger partial charge on any atom is -0.318 e. The molecule has 26 heavy (non-hydrogen) atoms. The number of hydrogen-bond acceptors (Lipinski definition) is 3. The van der Waals surface area contributed by atoms with Crippen LogP contribution in [0.25, 0.3) is 5.69 Å². The van der Waals surface area contributed by atoms with Crippen molar-refractivity contribution in [2.45, 2.75) is 13.8 Å². The second-order valence-electron chi connectivity index (χ2n) is 5.68. The summed E-state index contributed by atoms with van der Waals surface area (Å²) in [6.45, 7) is 3.82. The number of hydrazone groups is 1. The molecule has 2 aromatic heterocycles.